The molecule has 2 N–H and O–H groups in total. The summed E-state index contributed by atoms with van der Waals surface area (Å²) in [5, 5.41) is 12.6. The molecule has 0 heterocycles. The number of carboxylic acids is 1. The Kier molecular flexibility index (Phi) is 6.92. The van der Waals surface area contributed by atoms with Crippen LogP contribution in [0.3, 0.4) is 0 Å². The Bertz CT molecular complexity index is 311. The summed E-state index contributed by atoms with van der Waals surface area (Å²) in [7, 11) is 3.50. The Labute approximate surface area is 122 Å². The van der Waals surface area contributed by atoms with Crippen molar-refractivity contribution in [1.82, 2.24) is 10.2 Å². The molecule has 0 aliphatic heterocycles. The molecule has 3 atom stereocenters. The molecule has 0 amide bonds. The van der Waals surface area contributed by atoms with Crippen molar-refractivity contribution in [2.45, 2.75) is 51.1 Å². The van der Waals surface area contributed by atoms with Gasteiger partial charge < -0.3 is 15.2 Å². The highest BCUT2D eigenvalue weighted by atomic mass is 16.5. The molecule has 1 aliphatic rings. The number of methoxy groups -OCH3 is 1. The average molecular weight is 286 g/mol. The van der Waals surface area contributed by atoms with Crippen LogP contribution in [-0.2, 0) is 9.53 Å². The van der Waals surface area contributed by atoms with Crippen LogP contribution in [0.1, 0.15) is 39.5 Å². The van der Waals surface area contributed by atoms with Gasteiger partial charge in [-0.15, -0.1) is 0 Å². The lowest BCUT2D eigenvalue weighted by molar-refractivity contribution is -0.146. The molecule has 20 heavy (non-hydrogen) atoms. The molecule has 0 aromatic rings. The van der Waals surface area contributed by atoms with E-state index >= 15 is 0 Å². The average Bonchev–Trinajstić information content (AvgIpc) is 2.84. The molecule has 0 aromatic heterocycles. The van der Waals surface area contributed by atoms with Crippen molar-refractivity contribution in [2.24, 2.45) is 5.92 Å². The molecule has 5 nitrogen and oxygen atoms in total. The van der Waals surface area contributed by atoms with E-state index in [0.717, 1.165) is 38.8 Å². The molecule has 1 aliphatic carbocycles. The second-order valence-electron chi connectivity index (χ2n) is 5.84. The molecule has 0 spiro atoms. The Morgan fingerprint density at radius 2 is 2.30 bits per heavy atom. The van der Waals surface area contributed by atoms with E-state index < -0.39 is 11.5 Å². The van der Waals surface area contributed by atoms with Crippen LogP contribution < -0.4 is 5.32 Å². The van der Waals surface area contributed by atoms with Gasteiger partial charge in [-0.25, -0.2) is 0 Å². The van der Waals surface area contributed by atoms with Gasteiger partial charge in [-0.1, -0.05) is 13.3 Å². The topological polar surface area (TPSA) is 61.8 Å². The fourth-order valence-electron chi connectivity index (χ4n) is 3.54. The van der Waals surface area contributed by atoms with Crippen molar-refractivity contribution >= 4 is 5.97 Å². The first-order chi connectivity index (χ1) is 9.51. The van der Waals surface area contributed by atoms with E-state index in [0.29, 0.717) is 12.6 Å². The minimum absolute atomic E-state index is 0.216. The van der Waals surface area contributed by atoms with Gasteiger partial charge in [-0.05, 0) is 52.2 Å². The number of rotatable bonds is 9. The minimum atomic E-state index is -0.718. The maximum Gasteiger partial charge on any atom is 0.324 e. The van der Waals surface area contributed by atoms with Crippen molar-refractivity contribution in [3.63, 3.8) is 0 Å². The van der Waals surface area contributed by atoms with E-state index in [9.17, 15) is 9.90 Å². The predicted molar refractivity (Wildman–Crippen MR) is 80.0 cm³/mol. The zero-order valence-electron chi connectivity index (χ0n) is 13.3. The Morgan fingerprint density at radius 1 is 1.60 bits per heavy atom. The van der Waals surface area contributed by atoms with Crippen LogP contribution in [0.4, 0.5) is 0 Å². The molecule has 0 bridgehead atoms. The summed E-state index contributed by atoms with van der Waals surface area (Å²) in [5.74, 6) is -0.482. The number of likely N-dealkylation sites (N-methyl/N-ethyl adjacent to an activating group) is 2. The summed E-state index contributed by atoms with van der Waals surface area (Å²) < 4.78 is 5.21. The SMILES string of the molecule is CCN(CCC1CCCC1(NC)C(=O)O)C(C)COC. The van der Waals surface area contributed by atoms with Crippen molar-refractivity contribution in [1.29, 1.82) is 0 Å². The lowest BCUT2D eigenvalue weighted by atomic mass is 9.84. The van der Waals surface area contributed by atoms with Gasteiger partial charge in [0.2, 0.25) is 0 Å². The number of aliphatic carboxylic acids is 1. The first-order valence-electron chi connectivity index (χ1n) is 7.67. The molecular formula is C15H30N2O3. The van der Waals surface area contributed by atoms with E-state index in [4.69, 9.17) is 4.74 Å². The summed E-state index contributed by atoms with van der Waals surface area (Å²) in [6, 6.07) is 0.375. The highest BCUT2D eigenvalue weighted by molar-refractivity contribution is 5.79. The van der Waals surface area contributed by atoms with Crippen LogP contribution in [-0.4, -0.2) is 61.4 Å². The van der Waals surface area contributed by atoms with Gasteiger partial charge in [0.15, 0.2) is 0 Å². The number of carbonyl (C=O) groups is 1. The number of hydrogen-bond acceptors (Lipinski definition) is 4. The quantitative estimate of drug-likeness (QED) is 0.674. The van der Waals surface area contributed by atoms with Crippen LogP contribution in [0, 0.1) is 5.92 Å². The Hall–Kier alpha value is -0.650. The van der Waals surface area contributed by atoms with Crippen molar-refractivity contribution in [3.05, 3.63) is 0 Å². The largest absolute Gasteiger partial charge is 0.480 e. The Balaban J connectivity index is 2.60. The number of nitrogens with zero attached hydrogens (tertiary/aromatic N) is 1. The molecular weight excluding hydrogens is 256 g/mol. The zero-order valence-corrected chi connectivity index (χ0v) is 13.3. The monoisotopic (exact) mass is 286 g/mol. The summed E-state index contributed by atoms with van der Waals surface area (Å²) in [6.07, 6.45) is 3.67. The second kappa shape index (κ2) is 7.96. The van der Waals surface area contributed by atoms with Crippen LogP contribution in [0.15, 0.2) is 0 Å². The summed E-state index contributed by atoms with van der Waals surface area (Å²) >= 11 is 0. The maximum absolute atomic E-state index is 11.6. The van der Waals surface area contributed by atoms with Crippen LogP contribution in [0.25, 0.3) is 0 Å². The van der Waals surface area contributed by atoms with Gasteiger partial charge in [-0.2, -0.15) is 0 Å². The van der Waals surface area contributed by atoms with E-state index in [2.05, 4.69) is 24.1 Å². The van der Waals surface area contributed by atoms with Gasteiger partial charge in [-0.3, -0.25) is 9.69 Å². The molecule has 0 radical (unpaired) electrons. The molecule has 118 valence electrons. The number of nitrogens with one attached hydrogen (secondary N) is 1. The third kappa shape index (κ3) is 3.71. The molecule has 5 heteroatoms. The standard InChI is InChI=1S/C15H30N2O3/c1-5-17(12(2)11-20-4)10-8-13-7-6-9-15(13,16-3)14(18)19/h12-13,16H,5-11H2,1-4H3,(H,18,19). The van der Waals surface area contributed by atoms with Crippen molar-refractivity contribution < 1.29 is 14.6 Å². The third-order valence-corrected chi connectivity index (χ3v) is 4.85. The fourth-order valence-corrected chi connectivity index (χ4v) is 3.54. The highest BCUT2D eigenvalue weighted by Crippen LogP contribution is 2.38. The van der Waals surface area contributed by atoms with E-state index in [1.54, 1.807) is 14.2 Å². The lowest BCUT2D eigenvalue weighted by Gasteiger charge is -2.34. The number of hydrogen-bond donors (Lipinski definition) is 2. The molecule has 1 fully saturated rings. The summed E-state index contributed by atoms with van der Waals surface area (Å²) in [4.78, 5) is 14.0. The first kappa shape index (κ1) is 17.4. The molecule has 1 saturated carbocycles. The zero-order chi connectivity index (χ0) is 15.2. The van der Waals surface area contributed by atoms with E-state index in [1.165, 1.54) is 0 Å². The van der Waals surface area contributed by atoms with Gasteiger partial charge in [0.1, 0.15) is 5.54 Å². The molecule has 0 aromatic carbocycles. The smallest absolute Gasteiger partial charge is 0.324 e. The van der Waals surface area contributed by atoms with E-state index in [1.807, 2.05) is 0 Å². The van der Waals surface area contributed by atoms with Crippen molar-refractivity contribution in [2.75, 3.05) is 33.9 Å². The van der Waals surface area contributed by atoms with Gasteiger partial charge >= 0.3 is 5.97 Å². The summed E-state index contributed by atoms with van der Waals surface area (Å²) in [6.45, 7) is 6.92. The van der Waals surface area contributed by atoms with Crippen LogP contribution >= 0.6 is 0 Å². The molecule has 1 rings (SSSR count). The maximum atomic E-state index is 11.6. The first-order valence-corrected chi connectivity index (χ1v) is 7.67. The normalized spacial score (nSPS) is 27.9. The predicted octanol–water partition coefficient (Wildman–Crippen LogP) is 1.58. The summed E-state index contributed by atoms with van der Waals surface area (Å²) in [5.41, 5.74) is -0.718. The van der Waals surface area contributed by atoms with Crippen LogP contribution in [0.2, 0.25) is 0 Å². The molecule has 3 unspecified atom stereocenters. The number of ether oxygens (including phenoxy) is 1. The lowest BCUT2D eigenvalue weighted by Crippen LogP contribution is -2.54. The molecule has 0 saturated heterocycles. The van der Waals surface area contributed by atoms with Crippen LogP contribution in [0.5, 0.6) is 0 Å². The minimum Gasteiger partial charge on any atom is -0.480 e. The third-order valence-electron chi connectivity index (χ3n) is 4.85. The number of carboxylic acid groups (broad SMARTS) is 1. The highest BCUT2D eigenvalue weighted by Gasteiger charge is 2.47. The van der Waals surface area contributed by atoms with Gasteiger partial charge in [0.25, 0.3) is 0 Å². The van der Waals surface area contributed by atoms with Gasteiger partial charge in [0, 0.05) is 13.2 Å². The fraction of sp³-hybridized carbons (Fsp3) is 0.933. The Morgan fingerprint density at radius 3 is 2.80 bits per heavy atom. The van der Waals surface area contributed by atoms with Crippen molar-refractivity contribution in [3.8, 4) is 0 Å². The second-order valence-corrected chi connectivity index (χ2v) is 5.84. The van der Waals surface area contributed by atoms with Gasteiger partial charge in [0.05, 0.1) is 6.61 Å². The van der Waals surface area contributed by atoms with E-state index in [-0.39, 0.29) is 5.92 Å².